The van der Waals surface area contributed by atoms with Gasteiger partial charge in [0.2, 0.25) is 0 Å². The highest BCUT2D eigenvalue weighted by Gasteiger charge is 2.50. The van der Waals surface area contributed by atoms with Gasteiger partial charge in [-0.1, -0.05) is 27.2 Å². The van der Waals surface area contributed by atoms with Crippen molar-refractivity contribution in [3.05, 3.63) is 0 Å². The fourth-order valence-corrected chi connectivity index (χ4v) is 4.42. The summed E-state index contributed by atoms with van der Waals surface area (Å²) in [5, 5.41) is 3.71. The summed E-state index contributed by atoms with van der Waals surface area (Å²) in [7, 11) is 0. The zero-order chi connectivity index (χ0) is 11.6. The van der Waals surface area contributed by atoms with Crippen molar-refractivity contribution < 1.29 is 0 Å². The average molecular weight is 223 g/mol. The predicted octanol–water partition coefficient (Wildman–Crippen LogP) is 3.84. The van der Waals surface area contributed by atoms with Crippen LogP contribution in [0.1, 0.15) is 59.3 Å². The van der Waals surface area contributed by atoms with E-state index in [-0.39, 0.29) is 0 Å². The van der Waals surface area contributed by atoms with Crippen LogP contribution in [0.5, 0.6) is 0 Å². The van der Waals surface area contributed by atoms with Gasteiger partial charge in [0.1, 0.15) is 0 Å². The zero-order valence-corrected chi connectivity index (χ0v) is 11.4. The van der Waals surface area contributed by atoms with Gasteiger partial charge in [0, 0.05) is 6.54 Å². The Bertz CT molecular complexity index is 223. The zero-order valence-electron chi connectivity index (χ0n) is 11.4. The lowest BCUT2D eigenvalue weighted by atomic mass is 9.68. The van der Waals surface area contributed by atoms with E-state index in [0.29, 0.717) is 5.41 Å². The second kappa shape index (κ2) is 5.08. The minimum absolute atomic E-state index is 0.673. The number of hydrogen-bond donors (Lipinski definition) is 1. The Labute approximate surface area is 101 Å². The normalized spacial score (nSPS) is 37.5. The molecule has 2 bridgehead atoms. The van der Waals surface area contributed by atoms with Gasteiger partial charge >= 0.3 is 0 Å². The van der Waals surface area contributed by atoms with Gasteiger partial charge in [0.15, 0.2) is 0 Å². The number of fused-ring (bicyclic) bond motifs is 2. The fourth-order valence-electron chi connectivity index (χ4n) is 4.42. The van der Waals surface area contributed by atoms with E-state index >= 15 is 0 Å². The highest BCUT2D eigenvalue weighted by Crippen LogP contribution is 2.58. The quantitative estimate of drug-likeness (QED) is 0.675. The summed E-state index contributed by atoms with van der Waals surface area (Å²) in [6.07, 6.45) is 8.83. The van der Waals surface area contributed by atoms with Crippen molar-refractivity contribution in [3.8, 4) is 0 Å². The molecule has 0 heterocycles. The van der Waals surface area contributed by atoms with Gasteiger partial charge in [-0.05, 0) is 61.8 Å². The molecule has 3 unspecified atom stereocenters. The molecule has 0 aromatic carbocycles. The molecule has 0 saturated heterocycles. The Balaban J connectivity index is 1.96. The lowest BCUT2D eigenvalue weighted by Crippen LogP contribution is -2.40. The van der Waals surface area contributed by atoms with Crippen molar-refractivity contribution >= 4 is 0 Å². The van der Waals surface area contributed by atoms with Gasteiger partial charge in [0.25, 0.3) is 0 Å². The Morgan fingerprint density at radius 3 is 2.62 bits per heavy atom. The van der Waals surface area contributed by atoms with Crippen molar-refractivity contribution in [1.82, 2.24) is 5.32 Å². The number of nitrogens with one attached hydrogen (secondary N) is 1. The molecule has 0 radical (unpaired) electrons. The Hall–Kier alpha value is -0.0400. The van der Waals surface area contributed by atoms with Crippen LogP contribution in [0.2, 0.25) is 0 Å². The van der Waals surface area contributed by atoms with Crippen LogP contribution in [0.15, 0.2) is 0 Å². The van der Waals surface area contributed by atoms with Crippen LogP contribution in [0.4, 0.5) is 0 Å². The van der Waals surface area contributed by atoms with E-state index in [9.17, 15) is 0 Å². The monoisotopic (exact) mass is 223 g/mol. The van der Waals surface area contributed by atoms with Gasteiger partial charge in [-0.3, -0.25) is 0 Å². The lowest BCUT2D eigenvalue weighted by molar-refractivity contribution is 0.123. The summed E-state index contributed by atoms with van der Waals surface area (Å²) < 4.78 is 0. The average Bonchev–Trinajstić information content (AvgIpc) is 2.77. The molecule has 2 saturated carbocycles. The summed E-state index contributed by atoms with van der Waals surface area (Å²) in [5.74, 6) is 2.99. The van der Waals surface area contributed by atoms with Crippen LogP contribution in [0, 0.1) is 23.2 Å². The van der Waals surface area contributed by atoms with Crippen LogP contribution < -0.4 is 5.32 Å². The molecule has 0 aliphatic heterocycles. The van der Waals surface area contributed by atoms with E-state index in [0.717, 1.165) is 17.8 Å². The van der Waals surface area contributed by atoms with Crippen molar-refractivity contribution in [2.75, 3.05) is 13.1 Å². The minimum Gasteiger partial charge on any atom is -0.316 e. The van der Waals surface area contributed by atoms with Crippen LogP contribution in [0.25, 0.3) is 0 Å². The van der Waals surface area contributed by atoms with Crippen LogP contribution >= 0.6 is 0 Å². The van der Waals surface area contributed by atoms with Gasteiger partial charge in [-0.15, -0.1) is 0 Å². The van der Waals surface area contributed by atoms with Gasteiger partial charge in [-0.2, -0.15) is 0 Å². The molecule has 0 amide bonds. The molecule has 3 atom stereocenters. The van der Waals surface area contributed by atoms with Crippen molar-refractivity contribution in [3.63, 3.8) is 0 Å². The molecule has 0 aromatic rings. The van der Waals surface area contributed by atoms with Gasteiger partial charge < -0.3 is 5.32 Å². The third-order valence-electron chi connectivity index (χ3n) is 4.82. The number of rotatable bonds is 6. The lowest BCUT2D eigenvalue weighted by Gasteiger charge is -2.39. The van der Waals surface area contributed by atoms with E-state index in [1.807, 2.05) is 0 Å². The maximum atomic E-state index is 3.71. The molecule has 2 aliphatic carbocycles. The third-order valence-corrected chi connectivity index (χ3v) is 4.82. The number of hydrogen-bond acceptors (Lipinski definition) is 1. The summed E-state index contributed by atoms with van der Waals surface area (Å²) in [4.78, 5) is 0. The molecule has 1 N–H and O–H groups in total. The summed E-state index contributed by atoms with van der Waals surface area (Å²) >= 11 is 0. The molecular weight excluding hydrogens is 194 g/mol. The second-order valence-corrected chi connectivity index (χ2v) is 6.72. The topological polar surface area (TPSA) is 12.0 Å². The molecule has 2 rings (SSSR count). The Morgan fingerprint density at radius 2 is 2.12 bits per heavy atom. The van der Waals surface area contributed by atoms with E-state index in [2.05, 4.69) is 26.1 Å². The standard InChI is InChI=1S/C15H29N/c1-4-7-16-11-15(9-12(2)3)10-13-5-6-14(15)8-13/h12-14,16H,4-11H2,1-3H3. The Kier molecular flexibility index (Phi) is 3.94. The van der Waals surface area contributed by atoms with Crippen molar-refractivity contribution in [2.45, 2.75) is 59.3 Å². The maximum Gasteiger partial charge on any atom is 0.00107 e. The third kappa shape index (κ3) is 2.45. The predicted molar refractivity (Wildman–Crippen MR) is 70.5 cm³/mol. The molecule has 16 heavy (non-hydrogen) atoms. The van der Waals surface area contributed by atoms with E-state index in [4.69, 9.17) is 0 Å². The summed E-state index contributed by atoms with van der Waals surface area (Å²) in [6, 6.07) is 0. The first-order valence-corrected chi connectivity index (χ1v) is 7.37. The highest BCUT2D eigenvalue weighted by atomic mass is 14.9. The first kappa shape index (κ1) is 12.4. The van der Waals surface area contributed by atoms with E-state index < -0.39 is 0 Å². The molecular formula is C15H29N. The van der Waals surface area contributed by atoms with Crippen LogP contribution in [-0.4, -0.2) is 13.1 Å². The molecule has 0 spiro atoms. The van der Waals surface area contributed by atoms with E-state index in [1.54, 1.807) is 6.42 Å². The smallest absolute Gasteiger partial charge is 0.00107 e. The Morgan fingerprint density at radius 1 is 1.31 bits per heavy atom. The first-order chi connectivity index (χ1) is 7.66. The largest absolute Gasteiger partial charge is 0.316 e. The summed E-state index contributed by atoms with van der Waals surface area (Å²) in [6.45, 7) is 9.56. The van der Waals surface area contributed by atoms with Gasteiger partial charge in [0.05, 0.1) is 0 Å². The molecule has 94 valence electrons. The van der Waals surface area contributed by atoms with Crippen LogP contribution in [0.3, 0.4) is 0 Å². The molecule has 2 fully saturated rings. The first-order valence-electron chi connectivity index (χ1n) is 7.37. The second-order valence-electron chi connectivity index (χ2n) is 6.72. The molecule has 2 aliphatic rings. The van der Waals surface area contributed by atoms with Crippen molar-refractivity contribution in [2.24, 2.45) is 23.2 Å². The maximum absolute atomic E-state index is 3.71. The highest BCUT2D eigenvalue weighted by molar-refractivity contribution is 5.01. The van der Waals surface area contributed by atoms with E-state index in [1.165, 1.54) is 45.2 Å². The fraction of sp³-hybridized carbons (Fsp3) is 1.00. The molecule has 0 aromatic heterocycles. The minimum atomic E-state index is 0.673. The summed E-state index contributed by atoms with van der Waals surface area (Å²) in [5.41, 5.74) is 0.673. The van der Waals surface area contributed by atoms with Crippen LogP contribution in [-0.2, 0) is 0 Å². The van der Waals surface area contributed by atoms with Crippen molar-refractivity contribution in [1.29, 1.82) is 0 Å². The molecule has 1 heteroatoms. The molecule has 1 nitrogen and oxygen atoms in total. The van der Waals surface area contributed by atoms with Gasteiger partial charge in [-0.25, -0.2) is 0 Å². The SMILES string of the molecule is CCCNCC1(CC(C)C)CC2CCC1C2.